The summed E-state index contributed by atoms with van der Waals surface area (Å²) in [5.41, 5.74) is 0. The van der Waals surface area contributed by atoms with Crippen molar-refractivity contribution in [3.8, 4) is 0 Å². The van der Waals surface area contributed by atoms with E-state index in [0.717, 1.165) is 8.79 Å². The standard InChI is InChI=1S/C4H3BrNOS/c5-4-6-1-3(2-7)8-4/h7H,2H2. The molecule has 1 rings (SSSR count). The van der Waals surface area contributed by atoms with Crippen LogP contribution in [0.4, 0.5) is 0 Å². The number of nitrogens with zero attached hydrogens (tertiary/aromatic N) is 1. The van der Waals surface area contributed by atoms with Crippen molar-refractivity contribution in [3.63, 3.8) is 0 Å². The van der Waals surface area contributed by atoms with Gasteiger partial charge in [0.2, 0.25) is 0 Å². The molecule has 1 radical (unpaired) electrons. The second-order valence-corrected chi connectivity index (χ2v) is 3.52. The van der Waals surface area contributed by atoms with Crippen LogP contribution in [0.5, 0.6) is 0 Å². The topological polar surface area (TPSA) is 33.1 Å². The van der Waals surface area contributed by atoms with Gasteiger partial charge >= 0.3 is 0 Å². The van der Waals surface area contributed by atoms with Crippen LogP contribution >= 0.6 is 27.3 Å². The molecular weight excluding hydrogens is 190 g/mol. The maximum atomic E-state index is 8.47. The van der Waals surface area contributed by atoms with Gasteiger partial charge in [-0.25, -0.2) is 4.98 Å². The van der Waals surface area contributed by atoms with E-state index < -0.39 is 0 Å². The first-order valence-electron chi connectivity index (χ1n) is 1.96. The van der Waals surface area contributed by atoms with Gasteiger partial charge in [-0.1, -0.05) is 0 Å². The molecule has 2 nitrogen and oxygen atoms in total. The molecule has 8 heavy (non-hydrogen) atoms. The average molecular weight is 193 g/mol. The summed E-state index contributed by atoms with van der Waals surface area (Å²) in [6, 6.07) is 0. The molecule has 0 saturated heterocycles. The number of hydrogen-bond donors (Lipinski definition) is 1. The Labute approximate surface area is 59.3 Å². The van der Waals surface area contributed by atoms with Crippen molar-refractivity contribution in [2.24, 2.45) is 0 Å². The van der Waals surface area contributed by atoms with E-state index in [1.165, 1.54) is 11.3 Å². The third kappa shape index (κ3) is 1.27. The summed E-state index contributed by atoms with van der Waals surface area (Å²) in [6.07, 6.45) is 2.63. The van der Waals surface area contributed by atoms with Crippen molar-refractivity contribution in [1.82, 2.24) is 4.98 Å². The monoisotopic (exact) mass is 192 g/mol. The zero-order chi connectivity index (χ0) is 5.98. The normalized spacial score (nSPS) is 9.75. The Morgan fingerprint density at radius 1 is 1.88 bits per heavy atom. The summed E-state index contributed by atoms with van der Waals surface area (Å²) in [7, 11) is 0. The highest BCUT2D eigenvalue weighted by Crippen LogP contribution is 2.16. The number of thiazole rings is 1. The summed E-state index contributed by atoms with van der Waals surface area (Å²) in [4.78, 5) is 4.50. The molecular formula is C4H3BrNOS. The van der Waals surface area contributed by atoms with E-state index in [1.54, 1.807) is 0 Å². The first-order chi connectivity index (χ1) is 3.83. The minimum absolute atomic E-state index is 0.0310. The van der Waals surface area contributed by atoms with Gasteiger partial charge in [0.05, 0.1) is 11.5 Å². The molecule has 0 aromatic carbocycles. The highest BCUT2D eigenvalue weighted by atomic mass is 79.9. The fraction of sp³-hybridized carbons (Fsp3) is 0.250. The van der Waals surface area contributed by atoms with Crippen LogP contribution in [-0.2, 0) is 6.61 Å². The van der Waals surface area contributed by atoms with Crippen LogP contribution in [0.15, 0.2) is 3.92 Å². The van der Waals surface area contributed by atoms with E-state index in [-0.39, 0.29) is 6.61 Å². The summed E-state index contributed by atoms with van der Waals surface area (Å²) in [6.45, 7) is 0.0310. The lowest BCUT2D eigenvalue weighted by molar-refractivity contribution is 0.285. The van der Waals surface area contributed by atoms with E-state index in [0.29, 0.717) is 0 Å². The second-order valence-electron chi connectivity index (χ2n) is 1.16. The molecule has 1 aromatic rings. The molecule has 0 amide bonds. The predicted molar refractivity (Wildman–Crippen MR) is 34.6 cm³/mol. The molecule has 0 aliphatic rings. The fourth-order valence-electron chi connectivity index (χ4n) is 0.321. The van der Waals surface area contributed by atoms with Crippen LogP contribution in [0, 0.1) is 6.20 Å². The Hall–Kier alpha value is 0.0700. The molecule has 0 unspecified atom stereocenters. The first kappa shape index (κ1) is 6.19. The lowest BCUT2D eigenvalue weighted by Crippen LogP contribution is -1.71. The minimum atomic E-state index is 0.0310. The molecule has 0 saturated carbocycles. The largest absolute Gasteiger partial charge is 0.391 e. The van der Waals surface area contributed by atoms with Gasteiger partial charge in [0, 0.05) is 0 Å². The molecule has 1 aromatic heterocycles. The van der Waals surface area contributed by atoms with Crippen LogP contribution in [0.3, 0.4) is 0 Å². The lowest BCUT2D eigenvalue weighted by atomic mass is 10.6. The predicted octanol–water partition coefficient (Wildman–Crippen LogP) is 1.20. The zero-order valence-electron chi connectivity index (χ0n) is 3.89. The molecule has 0 aliphatic heterocycles. The maximum absolute atomic E-state index is 8.47. The van der Waals surface area contributed by atoms with Crippen molar-refractivity contribution in [3.05, 3.63) is 15.0 Å². The number of hydrogen-bond acceptors (Lipinski definition) is 3. The lowest BCUT2D eigenvalue weighted by Gasteiger charge is -1.76. The van der Waals surface area contributed by atoms with E-state index in [4.69, 9.17) is 5.11 Å². The smallest absolute Gasteiger partial charge is 0.160 e. The van der Waals surface area contributed by atoms with Crippen molar-refractivity contribution < 1.29 is 5.11 Å². The van der Waals surface area contributed by atoms with Crippen molar-refractivity contribution >= 4 is 27.3 Å². The quantitative estimate of drug-likeness (QED) is 0.726. The number of aliphatic hydroxyl groups excluding tert-OH is 1. The Balaban J connectivity index is 2.84. The highest BCUT2D eigenvalue weighted by molar-refractivity contribution is 9.11. The molecule has 0 aliphatic carbocycles. The van der Waals surface area contributed by atoms with E-state index in [9.17, 15) is 0 Å². The summed E-state index contributed by atoms with van der Waals surface area (Å²) >= 11 is 4.53. The van der Waals surface area contributed by atoms with Gasteiger partial charge < -0.3 is 5.11 Å². The average Bonchev–Trinajstić information content (AvgIpc) is 2.14. The van der Waals surface area contributed by atoms with Gasteiger partial charge in [0.15, 0.2) is 3.92 Å². The number of aromatic nitrogens is 1. The Morgan fingerprint density at radius 3 is 2.88 bits per heavy atom. The summed E-state index contributed by atoms with van der Waals surface area (Å²) < 4.78 is 0.765. The van der Waals surface area contributed by atoms with E-state index >= 15 is 0 Å². The zero-order valence-corrected chi connectivity index (χ0v) is 6.29. The van der Waals surface area contributed by atoms with E-state index in [2.05, 4.69) is 27.1 Å². The Bertz CT molecular complexity index is 176. The first-order valence-corrected chi connectivity index (χ1v) is 3.57. The molecule has 0 atom stereocenters. The molecule has 0 spiro atoms. The van der Waals surface area contributed by atoms with Crippen molar-refractivity contribution in [2.75, 3.05) is 0 Å². The van der Waals surface area contributed by atoms with Crippen LogP contribution < -0.4 is 0 Å². The summed E-state index contributed by atoms with van der Waals surface area (Å²) in [5, 5.41) is 8.47. The van der Waals surface area contributed by atoms with Gasteiger partial charge in [0.25, 0.3) is 0 Å². The third-order valence-corrected chi connectivity index (χ3v) is 2.01. The molecule has 1 N–H and O–H groups in total. The maximum Gasteiger partial charge on any atom is 0.160 e. The van der Waals surface area contributed by atoms with Crippen LogP contribution in [0.25, 0.3) is 0 Å². The third-order valence-electron chi connectivity index (χ3n) is 0.620. The van der Waals surface area contributed by atoms with Crippen molar-refractivity contribution in [1.29, 1.82) is 0 Å². The number of halogens is 1. The van der Waals surface area contributed by atoms with Crippen LogP contribution in [0.2, 0.25) is 0 Å². The SMILES string of the molecule is OCc1[c]nc(Br)s1. The molecule has 0 fully saturated rings. The van der Waals surface area contributed by atoms with Crippen LogP contribution in [-0.4, -0.2) is 10.1 Å². The van der Waals surface area contributed by atoms with Gasteiger partial charge in [-0.15, -0.1) is 11.3 Å². The number of rotatable bonds is 1. The molecule has 0 bridgehead atoms. The number of aliphatic hydroxyl groups is 1. The molecule has 1 heterocycles. The molecule has 43 valence electrons. The van der Waals surface area contributed by atoms with Gasteiger partial charge in [-0.3, -0.25) is 0 Å². The van der Waals surface area contributed by atoms with E-state index in [1.807, 2.05) is 0 Å². The molecule has 4 heteroatoms. The summed E-state index contributed by atoms with van der Waals surface area (Å²) in [5.74, 6) is 0. The minimum Gasteiger partial charge on any atom is -0.391 e. The van der Waals surface area contributed by atoms with Gasteiger partial charge in [-0.05, 0) is 15.9 Å². The van der Waals surface area contributed by atoms with Crippen molar-refractivity contribution in [2.45, 2.75) is 6.61 Å². The fourth-order valence-corrected chi connectivity index (χ4v) is 1.45. The Morgan fingerprint density at radius 2 is 2.62 bits per heavy atom. The Kier molecular flexibility index (Phi) is 1.99. The highest BCUT2D eigenvalue weighted by Gasteiger charge is 1.94. The van der Waals surface area contributed by atoms with Gasteiger partial charge in [0.1, 0.15) is 6.20 Å². The second kappa shape index (κ2) is 2.57. The van der Waals surface area contributed by atoms with Gasteiger partial charge in [-0.2, -0.15) is 0 Å². The van der Waals surface area contributed by atoms with Crippen LogP contribution in [0.1, 0.15) is 4.88 Å².